The van der Waals surface area contributed by atoms with Crippen LogP contribution >= 0.6 is 11.3 Å². The molecule has 0 saturated heterocycles. The van der Waals surface area contributed by atoms with Gasteiger partial charge in [0.15, 0.2) is 0 Å². The molecule has 1 aromatic carbocycles. The van der Waals surface area contributed by atoms with E-state index in [1.54, 1.807) is 11.3 Å². The molecule has 0 saturated carbocycles. The molecule has 1 heterocycles. The summed E-state index contributed by atoms with van der Waals surface area (Å²) in [6, 6.07) is 8.40. The van der Waals surface area contributed by atoms with Crippen LogP contribution in [-0.2, 0) is 6.54 Å². The third kappa shape index (κ3) is 3.34. The highest BCUT2D eigenvalue weighted by atomic mass is 32.1. The van der Waals surface area contributed by atoms with Gasteiger partial charge in [-0.05, 0) is 29.4 Å². The molecule has 2 N–H and O–H groups in total. The minimum atomic E-state index is -0.444. The molecule has 0 atom stereocenters. The summed E-state index contributed by atoms with van der Waals surface area (Å²) in [4.78, 5) is 2.15. The summed E-state index contributed by atoms with van der Waals surface area (Å²) in [5.74, 6) is 0. The fourth-order valence-electron chi connectivity index (χ4n) is 2.30. The molecule has 0 amide bonds. The minimum Gasteiger partial charge on any atom is -0.396 e. The van der Waals surface area contributed by atoms with Gasteiger partial charge in [-0.25, -0.2) is 0 Å². The van der Waals surface area contributed by atoms with Gasteiger partial charge in [0.05, 0.1) is 13.2 Å². The Morgan fingerprint density at radius 2 is 1.89 bits per heavy atom. The van der Waals surface area contributed by atoms with E-state index in [9.17, 15) is 10.2 Å². The Hall–Kier alpha value is -0.940. The maximum Gasteiger partial charge on any atom is 0.0519 e. The Kier molecular flexibility index (Phi) is 4.58. The van der Waals surface area contributed by atoms with Crippen LogP contribution in [0.5, 0.6) is 0 Å². The van der Waals surface area contributed by atoms with Gasteiger partial charge in [0.1, 0.15) is 0 Å². The third-order valence-corrected chi connectivity index (χ3v) is 4.43. The van der Waals surface area contributed by atoms with Crippen LogP contribution in [0.1, 0.15) is 12.5 Å². The summed E-state index contributed by atoms with van der Waals surface area (Å²) in [6.07, 6.45) is 0. The van der Waals surface area contributed by atoms with Gasteiger partial charge >= 0.3 is 0 Å². The Bertz CT molecular complexity index is 534. The van der Waals surface area contributed by atoms with Crippen molar-refractivity contribution in [3.8, 4) is 0 Å². The van der Waals surface area contributed by atoms with E-state index < -0.39 is 5.41 Å². The molecule has 0 unspecified atom stereocenters. The van der Waals surface area contributed by atoms with Crippen molar-refractivity contribution in [2.75, 3.05) is 26.8 Å². The highest BCUT2D eigenvalue weighted by Gasteiger charge is 2.24. The molecule has 3 nitrogen and oxygen atoms in total. The summed E-state index contributed by atoms with van der Waals surface area (Å²) < 4.78 is 1.30. The topological polar surface area (TPSA) is 43.7 Å². The van der Waals surface area contributed by atoms with Crippen molar-refractivity contribution in [2.45, 2.75) is 13.5 Å². The Morgan fingerprint density at radius 1 is 1.21 bits per heavy atom. The van der Waals surface area contributed by atoms with Gasteiger partial charge in [-0.2, -0.15) is 0 Å². The van der Waals surface area contributed by atoms with Crippen LogP contribution < -0.4 is 0 Å². The maximum atomic E-state index is 9.35. The number of benzene rings is 1. The second-order valence-electron chi connectivity index (χ2n) is 5.56. The second kappa shape index (κ2) is 6.01. The van der Waals surface area contributed by atoms with E-state index in [1.807, 2.05) is 14.0 Å². The van der Waals surface area contributed by atoms with Gasteiger partial charge in [-0.15, -0.1) is 11.3 Å². The number of aliphatic hydroxyl groups excluding tert-OH is 2. The van der Waals surface area contributed by atoms with E-state index in [2.05, 4.69) is 34.5 Å². The smallest absolute Gasteiger partial charge is 0.0519 e. The molecule has 0 aliphatic rings. The van der Waals surface area contributed by atoms with Crippen molar-refractivity contribution in [3.05, 3.63) is 35.2 Å². The summed E-state index contributed by atoms with van der Waals surface area (Å²) in [5, 5.41) is 22.2. The first-order chi connectivity index (χ1) is 9.08. The molecule has 0 spiro atoms. The van der Waals surface area contributed by atoms with Gasteiger partial charge in [-0.1, -0.05) is 25.1 Å². The molecule has 2 rings (SSSR count). The number of hydrogen-bond donors (Lipinski definition) is 2. The highest BCUT2D eigenvalue weighted by Crippen LogP contribution is 2.27. The molecule has 0 radical (unpaired) electrons. The van der Waals surface area contributed by atoms with Crippen LogP contribution in [0.2, 0.25) is 0 Å². The lowest BCUT2D eigenvalue weighted by atomic mass is 9.92. The number of hydrogen-bond acceptors (Lipinski definition) is 4. The van der Waals surface area contributed by atoms with Crippen LogP contribution in [0, 0.1) is 5.41 Å². The van der Waals surface area contributed by atoms with Crippen molar-refractivity contribution in [1.82, 2.24) is 4.90 Å². The van der Waals surface area contributed by atoms with Gasteiger partial charge < -0.3 is 15.1 Å². The van der Waals surface area contributed by atoms with E-state index in [1.165, 1.54) is 15.6 Å². The molecule has 0 aliphatic carbocycles. The minimum absolute atomic E-state index is 0.00176. The van der Waals surface area contributed by atoms with Crippen molar-refractivity contribution < 1.29 is 10.2 Å². The first-order valence-electron chi connectivity index (χ1n) is 6.43. The molecular weight excluding hydrogens is 258 g/mol. The van der Waals surface area contributed by atoms with Gasteiger partial charge in [-0.3, -0.25) is 0 Å². The average Bonchev–Trinajstić information content (AvgIpc) is 2.82. The summed E-state index contributed by atoms with van der Waals surface area (Å²) in [5.41, 5.74) is 0.863. The Morgan fingerprint density at radius 3 is 2.58 bits per heavy atom. The standard InChI is InChI=1S/C15H21NO2S/c1-15(10-17,11-18)9-16(2)7-12-8-19-14-6-4-3-5-13(12)14/h3-6,8,17-18H,7,9-11H2,1-2H3. The van der Waals surface area contributed by atoms with Crippen LogP contribution in [0.4, 0.5) is 0 Å². The monoisotopic (exact) mass is 279 g/mol. The summed E-state index contributed by atoms with van der Waals surface area (Å²) >= 11 is 1.76. The molecule has 0 fully saturated rings. The van der Waals surface area contributed by atoms with E-state index in [4.69, 9.17) is 0 Å². The Balaban J connectivity index is 2.08. The molecule has 19 heavy (non-hydrogen) atoms. The van der Waals surface area contributed by atoms with Crippen molar-refractivity contribution in [2.24, 2.45) is 5.41 Å². The summed E-state index contributed by atoms with van der Waals surface area (Å²) in [7, 11) is 2.02. The number of fused-ring (bicyclic) bond motifs is 1. The second-order valence-corrected chi connectivity index (χ2v) is 6.47. The highest BCUT2D eigenvalue weighted by molar-refractivity contribution is 7.17. The van der Waals surface area contributed by atoms with Crippen molar-refractivity contribution in [3.63, 3.8) is 0 Å². The van der Waals surface area contributed by atoms with E-state index >= 15 is 0 Å². The number of thiophene rings is 1. The number of nitrogens with zero attached hydrogens (tertiary/aromatic N) is 1. The van der Waals surface area contributed by atoms with Crippen LogP contribution in [-0.4, -0.2) is 41.9 Å². The average molecular weight is 279 g/mol. The fourth-order valence-corrected chi connectivity index (χ4v) is 3.26. The van der Waals surface area contributed by atoms with Crippen LogP contribution in [0.15, 0.2) is 29.6 Å². The first kappa shape index (κ1) is 14.5. The number of rotatable bonds is 6. The quantitative estimate of drug-likeness (QED) is 0.853. The lowest BCUT2D eigenvalue weighted by Gasteiger charge is -2.30. The van der Waals surface area contributed by atoms with Crippen LogP contribution in [0.25, 0.3) is 10.1 Å². The van der Waals surface area contributed by atoms with Gasteiger partial charge in [0, 0.05) is 23.2 Å². The molecule has 0 aliphatic heterocycles. The lowest BCUT2D eigenvalue weighted by molar-refractivity contribution is 0.0403. The normalized spacial score (nSPS) is 12.5. The van der Waals surface area contributed by atoms with Gasteiger partial charge in [0.25, 0.3) is 0 Å². The van der Waals surface area contributed by atoms with E-state index in [0.29, 0.717) is 6.54 Å². The van der Waals surface area contributed by atoms with Crippen molar-refractivity contribution in [1.29, 1.82) is 0 Å². The largest absolute Gasteiger partial charge is 0.396 e. The fraction of sp³-hybridized carbons (Fsp3) is 0.467. The predicted molar refractivity (Wildman–Crippen MR) is 80.4 cm³/mol. The van der Waals surface area contributed by atoms with E-state index in [-0.39, 0.29) is 13.2 Å². The van der Waals surface area contributed by atoms with Crippen molar-refractivity contribution >= 4 is 21.4 Å². The molecule has 1 aromatic heterocycles. The zero-order valence-electron chi connectivity index (χ0n) is 11.5. The SMILES string of the molecule is CN(Cc1csc2ccccc12)CC(C)(CO)CO. The molecule has 4 heteroatoms. The zero-order valence-corrected chi connectivity index (χ0v) is 12.3. The Labute approximate surface area is 118 Å². The van der Waals surface area contributed by atoms with Crippen LogP contribution in [0.3, 0.4) is 0 Å². The molecule has 104 valence electrons. The summed E-state index contributed by atoms with van der Waals surface area (Å²) in [6.45, 7) is 3.40. The predicted octanol–water partition coefficient (Wildman–Crippen LogP) is 2.32. The van der Waals surface area contributed by atoms with E-state index in [0.717, 1.165) is 6.54 Å². The molecule has 0 bridgehead atoms. The first-order valence-corrected chi connectivity index (χ1v) is 7.31. The lowest BCUT2D eigenvalue weighted by Crippen LogP contribution is -2.38. The number of aliphatic hydroxyl groups is 2. The van der Waals surface area contributed by atoms with Gasteiger partial charge in [0.2, 0.25) is 0 Å². The maximum absolute atomic E-state index is 9.35. The zero-order chi connectivity index (χ0) is 13.9. The molecule has 2 aromatic rings. The third-order valence-electron chi connectivity index (χ3n) is 3.42. The molecular formula is C15H21NO2S.